The summed E-state index contributed by atoms with van der Waals surface area (Å²) < 4.78 is 0. The van der Waals surface area contributed by atoms with Crippen molar-refractivity contribution in [3.8, 4) is 0 Å². The highest BCUT2D eigenvalue weighted by Crippen LogP contribution is 2.16. The lowest BCUT2D eigenvalue weighted by Crippen LogP contribution is -2.26. The van der Waals surface area contributed by atoms with Crippen molar-refractivity contribution in [2.45, 2.75) is 12.8 Å². The molecule has 3 rings (SSSR count). The summed E-state index contributed by atoms with van der Waals surface area (Å²) in [7, 11) is 0. The zero-order chi connectivity index (χ0) is 15.2. The van der Waals surface area contributed by atoms with Crippen LogP contribution in [0.3, 0.4) is 0 Å². The minimum absolute atomic E-state index is 0.127. The van der Waals surface area contributed by atoms with Gasteiger partial charge in [0.05, 0.1) is 0 Å². The average molecular weight is 291 g/mol. The Morgan fingerprint density at radius 2 is 1.82 bits per heavy atom. The number of pyridine rings is 2. The normalized spacial score (nSPS) is 10.5. The maximum Gasteiger partial charge on any atom is 0.270 e. The molecule has 2 heterocycles. The number of benzene rings is 1. The Morgan fingerprint density at radius 3 is 2.68 bits per heavy atom. The first-order valence-electron chi connectivity index (χ1n) is 7.36. The summed E-state index contributed by atoms with van der Waals surface area (Å²) in [5.41, 5.74) is 1.52. The van der Waals surface area contributed by atoms with Gasteiger partial charge in [-0.15, -0.1) is 0 Å². The Labute approximate surface area is 129 Å². The van der Waals surface area contributed by atoms with E-state index in [-0.39, 0.29) is 5.91 Å². The summed E-state index contributed by atoms with van der Waals surface area (Å²) in [5.74, 6) is -0.127. The molecule has 110 valence electrons. The summed E-state index contributed by atoms with van der Waals surface area (Å²) in [5, 5.41) is 4.84. The first kappa shape index (κ1) is 14.2. The first-order chi connectivity index (χ1) is 10.8. The average Bonchev–Trinajstić information content (AvgIpc) is 2.59. The topological polar surface area (TPSA) is 54.9 Å². The molecule has 4 nitrogen and oxygen atoms in total. The molecule has 0 unspecified atom stereocenters. The molecule has 1 N–H and O–H groups in total. The molecule has 0 aliphatic rings. The van der Waals surface area contributed by atoms with E-state index in [0.29, 0.717) is 12.2 Å². The molecule has 3 aromatic rings. The van der Waals surface area contributed by atoms with Gasteiger partial charge in [-0.25, -0.2) is 0 Å². The van der Waals surface area contributed by atoms with Crippen molar-refractivity contribution in [3.63, 3.8) is 0 Å². The number of carbonyl (C=O) groups is 1. The van der Waals surface area contributed by atoms with Gasteiger partial charge in [0.2, 0.25) is 0 Å². The fourth-order valence-corrected chi connectivity index (χ4v) is 2.40. The van der Waals surface area contributed by atoms with Crippen LogP contribution >= 0.6 is 0 Å². The fourth-order valence-electron chi connectivity index (χ4n) is 2.40. The van der Waals surface area contributed by atoms with E-state index in [9.17, 15) is 4.79 Å². The van der Waals surface area contributed by atoms with E-state index < -0.39 is 0 Å². The van der Waals surface area contributed by atoms with Crippen molar-refractivity contribution in [2.24, 2.45) is 0 Å². The lowest BCUT2D eigenvalue weighted by Gasteiger charge is -2.07. The van der Waals surface area contributed by atoms with Crippen LogP contribution in [0.5, 0.6) is 0 Å². The van der Waals surface area contributed by atoms with Crippen LogP contribution < -0.4 is 5.32 Å². The number of rotatable bonds is 5. The van der Waals surface area contributed by atoms with Gasteiger partial charge in [-0.2, -0.15) is 0 Å². The third-order valence-corrected chi connectivity index (χ3v) is 3.51. The van der Waals surface area contributed by atoms with Crippen LogP contribution in [-0.2, 0) is 6.42 Å². The molecule has 1 amide bonds. The van der Waals surface area contributed by atoms with Crippen LogP contribution in [0.1, 0.15) is 22.6 Å². The number of carbonyl (C=O) groups excluding carboxylic acids is 1. The number of hydrogen-bond donors (Lipinski definition) is 1. The minimum atomic E-state index is -0.127. The summed E-state index contributed by atoms with van der Waals surface area (Å²) in [6.45, 7) is 0.611. The van der Waals surface area contributed by atoms with Crippen molar-refractivity contribution in [3.05, 3.63) is 72.3 Å². The highest BCUT2D eigenvalue weighted by atomic mass is 16.1. The van der Waals surface area contributed by atoms with E-state index in [4.69, 9.17) is 0 Å². The van der Waals surface area contributed by atoms with Crippen molar-refractivity contribution >= 4 is 16.7 Å². The zero-order valence-electron chi connectivity index (χ0n) is 12.2. The summed E-state index contributed by atoms with van der Waals surface area (Å²) in [6, 6.07) is 15.6. The van der Waals surface area contributed by atoms with E-state index >= 15 is 0 Å². The molecule has 0 saturated carbocycles. The van der Waals surface area contributed by atoms with E-state index in [0.717, 1.165) is 29.3 Å². The number of aryl methyl sites for hydroxylation is 1. The van der Waals surface area contributed by atoms with E-state index in [1.807, 2.05) is 48.5 Å². The van der Waals surface area contributed by atoms with E-state index in [1.165, 1.54) is 0 Å². The molecule has 0 fully saturated rings. The van der Waals surface area contributed by atoms with Gasteiger partial charge in [0.25, 0.3) is 5.91 Å². The second-order valence-electron chi connectivity index (χ2n) is 5.06. The standard InChI is InChI=1S/C18H17N3O/c22-18(21-12-5-8-15-7-3-4-11-19-15)17-16-9-2-1-6-14(16)10-13-20-17/h1-4,6-7,9-11,13H,5,8,12H2,(H,21,22). The zero-order valence-corrected chi connectivity index (χ0v) is 12.2. The summed E-state index contributed by atoms with van der Waals surface area (Å²) >= 11 is 0. The van der Waals surface area contributed by atoms with Gasteiger partial charge in [-0.1, -0.05) is 30.3 Å². The van der Waals surface area contributed by atoms with Crippen LogP contribution in [-0.4, -0.2) is 22.4 Å². The Balaban J connectivity index is 1.60. The largest absolute Gasteiger partial charge is 0.351 e. The molecule has 2 aromatic heterocycles. The predicted molar refractivity (Wildman–Crippen MR) is 86.6 cm³/mol. The van der Waals surface area contributed by atoms with Crippen LogP contribution in [0.25, 0.3) is 10.8 Å². The smallest absolute Gasteiger partial charge is 0.270 e. The number of fused-ring (bicyclic) bond motifs is 1. The highest BCUT2D eigenvalue weighted by molar-refractivity contribution is 6.05. The van der Waals surface area contributed by atoms with Gasteiger partial charge in [0.1, 0.15) is 5.69 Å². The molecule has 0 radical (unpaired) electrons. The molecular weight excluding hydrogens is 274 g/mol. The molecule has 0 saturated heterocycles. The quantitative estimate of drug-likeness (QED) is 0.735. The Hall–Kier alpha value is -2.75. The van der Waals surface area contributed by atoms with Crippen LogP contribution in [0.4, 0.5) is 0 Å². The maximum absolute atomic E-state index is 12.3. The highest BCUT2D eigenvalue weighted by Gasteiger charge is 2.10. The minimum Gasteiger partial charge on any atom is -0.351 e. The fraction of sp³-hybridized carbons (Fsp3) is 0.167. The van der Waals surface area contributed by atoms with Crippen molar-refractivity contribution in [1.82, 2.24) is 15.3 Å². The third-order valence-electron chi connectivity index (χ3n) is 3.51. The molecule has 1 aromatic carbocycles. The van der Waals surface area contributed by atoms with Crippen molar-refractivity contribution in [1.29, 1.82) is 0 Å². The second-order valence-corrected chi connectivity index (χ2v) is 5.06. The van der Waals surface area contributed by atoms with Crippen LogP contribution in [0.15, 0.2) is 60.9 Å². The molecule has 0 atom stereocenters. The number of aromatic nitrogens is 2. The summed E-state index contributed by atoms with van der Waals surface area (Å²) in [6.07, 6.45) is 5.16. The maximum atomic E-state index is 12.3. The van der Waals surface area contributed by atoms with Gasteiger partial charge in [0, 0.05) is 30.0 Å². The number of nitrogens with zero attached hydrogens (tertiary/aromatic N) is 2. The van der Waals surface area contributed by atoms with Crippen molar-refractivity contribution < 1.29 is 4.79 Å². The summed E-state index contributed by atoms with van der Waals surface area (Å²) in [4.78, 5) is 20.8. The Morgan fingerprint density at radius 1 is 0.955 bits per heavy atom. The van der Waals surface area contributed by atoms with Crippen LogP contribution in [0.2, 0.25) is 0 Å². The van der Waals surface area contributed by atoms with Gasteiger partial charge < -0.3 is 5.32 Å². The van der Waals surface area contributed by atoms with Crippen molar-refractivity contribution in [2.75, 3.05) is 6.54 Å². The second kappa shape index (κ2) is 6.80. The lowest BCUT2D eigenvalue weighted by atomic mass is 10.1. The third kappa shape index (κ3) is 3.28. The lowest BCUT2D eigenvalue weighted by molar-refractivity contribution is 0.0950. The number of amides is 1. The molecule has 0 aliphatic carbocycles. The SMILES string of the molecule is O=C(NCCCc1ccccn1)c1nccc2ccccc12. The van der Waals surface area contributed by atoms with Gasteiger partial charge in [-0.05, 0) is 36.4 Å². The first-order valence-corrected chi connectivity index (χ1v) is 7.36. The van der Waals surface area contributed by atoms with Crippen LogP contribution in [0, 0.1) is 0 Å². The van der Waals surface area contributed by atoms with Gasteiger partial charge >= 0.3 is 0 Å². The predicted octanol–water partition coefficient (Wildman–Crippen LogP) is 2.99. The Bertz CT molecular complexity index is 766. The van der Waals surface area contributed by atoms with E-state index in [1.54, 1.807) is 12.4 Å². The molecule has 0 bridgehead atoms. The molecule has 22 heavy (non-hydrogen) atoms. The molecule has 0 aliphatic heterocycles. The molecule has 0 spiro atoms. The van der Waals surface area contributed by atoms with E-state index in [2.05, 4.69) is 15.3 Å². The molecule has 4 heteroatoms. The molecular formula is C18H17N3O. The van der Waals surface area contributed by atoms with Gasteiger partial charge in [0.15, 0.2) is 0 Å². The number of hydrogen-bond acceptors (Lipinski definition) is 3. The number of nitrogens with one attached hydrogen (secondary N) is 1. The van der Waals surface area contributed by atoms with Gasteiger partial charge in [-0.3, -0.25) is 14.8 Å². The Kier molecular flexibility index (Phi) is 4.39. The monoisotopic (exact) mass is 291 g/mol.